The molecule has 240 valence electrons. The molecule has 0 fully saturated rings. The molecule has 10 rings (SSSR count). The van der Waals surface area contributed by atoms with Gasteiger partial charge < -0.3 is 0 Å². The molecule has 0 N–H and O–H groups in total. The third-order valence-electron chi connectivity index (χ3n) is 10.9. The van der Waals surface area contributed by atoms with Crippen LogP contribution in [0.1, 0.15) is 25.0 Å². The van der Waals surface area contributed by atoms with E-state index in [1.165, 1.54) is 65.7 Å². The van der Waals surface area contributed by atoms with Gasteiger partial charge in [0.1, 0.15) is 0 Å². The van der Waals surface area contributed by atoms with Gasteiger partial charge in [0.2, 0.25) is 0 Å². The smallest absolute Gasteiger partial charge is 0.160 e. The van der Waals surface area contributed by atoms with Gasteiger partial charge in [-0.2, -0.15) is 0 Å². The largest absolute Gasteiger partial charge is 0.228 e. The Labute approximate surface area is 297 Å². The van der Waals surface area contributed by atoms with Crippen LogP contribution in [-0.2, 0) is 5.41 Å². The normalized spacial score (nSPS) is 13.1. The fourth-order valence-electron chi connectivity index (χ4n) is 8.34. The molecule has 1 aliphatic carbocycles. The molecular formula is C49H34N2. The molecule has 2 heteroatoms. The SMILES string of the molecule is CC1(C)c2cc(-c3ccc(-c4cc(-c5cccc6ccccc56)nc(-c5ccccc5)n4)c4ccccc34)ccc2-c2c1ccc1ccccc21. The summed E-state index contributed by atoms with van der Waals surface area (Å²) in [5.74, 6) is 0.720. The maximum atomic E-state index is 5.23. The minimum absolute atomic E-state index is 0.104. The standard InChI is InChI=1S/C49H34N2/c1-49(2)43-28-24-32-14-7-9-19-37(32)47(43)42-25-23-34(29-44(42)49)36-26-27-41(39-21-11-10-20-38(36)39)46-30-45(50-48(51-46)33-15-4-3-5-16-33)40-22-12-17-31-13-6-8-18-35(31)40/h3-30H,1-2H3. The minimum atomic E-state index is -0.104. The van der Waals surface area contributed by atoms with Crippen LogP contribution in [0.5, 0.6) is 0 Å². The Morgan fingerprint density at radius 2 is 0.941 bits per heavy atom. The fraction of sp³-hybridized carbons (Fsp3) is 0.0612. The number of fused-ring (bicyclic) bond motifs is 7. The topological polar surface area (TPSA) is 25.8 Å². The van der Waals surface area contributed by atoms with Gasteiger partial charge in [0, 0.05) is 22.1 Å². The number of hydrogen-bond acceptors (Lipinski definition) is 2. The number of hydrogen-bond donors (Lipinski definition) is 0. The Balaban J connectivity index is 1.15. The first-order chi connectivity index (χ1) is 25.0. The van der Waals surface area contributed by atoms with Crippen molar-refractivity contribution < 1.29 is 0 Å². The summed E-state index contributed by atoms with van der Waals surface area (Å²) in [6, 6.07) is 61.2. The van der Waals surface area contributed by atoms with E-state index in [1.807, 2.05) is 18.2 Å². The molecule has 0 aliphatic heterocycles. The third-order valence-corrected chi connectivity index (χ3v) is 10.9. The zero-order valence-electron chi connectivity index (χ0n) is 28.6. The maximum absolute atomic E-state index is 5.23. The van der Waals surface area contributed by atoms with E-state index in [0.717, 1.165) is 33.9 Å². The zero-order valence-corrected chi connectivity index (χ0v) is 28.6. The Bertz CT molecular complexity index is 2820. The molecule has 8 aromatic carbocycles. The molecule has 0 spiro atoms. The van der Waals surface area contributed by atoms with E-state index >= 15 is 0 Å². The van der Waals surface area contributed by atoms with Crippen LogP contribution in [0, 0.1) is 0 Å². The minimum Gasteiger partial charge on any atom is -0.228 e. The van der Waals surface area contributed by atoms with Crippen LogP contribution >= 0.6 is 0 Å². The molecule has 2 nitrogen and oxygen atoms in total. The Hall–Kier alpha value is -6.38. The van der Waals surface area contributed by atoms with Gasteiger partial charge in [-0.1, -0.05) is 172 Å². The van der Waals surface area contributed by atoms with Crippen LogP contribution in [-0.4, -0.2) is 9.97 Å². The molecule has 9 aromatic rings. The summed E-state index contributed by atoms with van der Waals surface area (Å²) in [6.45, 7) is 4.73. The van der Waals surface area contributed by atoms with E-state index in [9.17, 15) is 0 Å². The van der Waals surface area contributed by atoms with Gasteiger partial charge in [-0.3, -0.25) is 0 Å². The summed E-state index contributed by atoms with van der Waals surface area (Å²) >= 11 is 0. The van der Waals surface area contributed by atoms with E-state index in [0.29, 0.717) is 0 Å². The van der Waals surface area contributed by atoms with Crippen molar-refractivity contribution in [3.63, 3.8) is 0 Å². The highest BCUT2D eigenvalue weighted by Gasteiger charge is 2.36. The second kappa shape index (κ2) is 11.3. The summed E-state index contributed by atoms with van der Waals surface area (Å²) in [6.07, 6.45) is 0. The van der Waals surface area contributed by atoms with Gasteiger partial charge in [0.25, 0.3) is 0 Å². The second-order valence-electron chi connectivity index (χ2n) is 14.2. The van der Waals surface area contributed by atoms with Crippen molar-refractivity contribution in [3.8, 4) is 56.2 Å². The maximum Gasteiger partial charge on any atom is 0.160 e. The van der Waals surface area contributed by atoms with Crippen molar-refractivity contribution in [1.82, 2.24) is 9.97 Å². The van der Waals surface area contributed by atoms with Gasteiger partial charge >= 0.3 is 0 Å². The Kier molecular flexibility index (Phi) is 6.56. The van der Waals surface area contributed by atoms with Gasteiger partial charge in [0.05, 0.1) is 11.4 Å². The Morgan fingerprint density at radius 1 is 0.373 bits per heavy atom. The quantitative estimate of drug-likeness (QED) is 0.189. The third kappa shape index (κ3) is 4.64. The van der Waals surface area contributed by atoms with Gasteiger partial charge in [-0.15, -0.1) is 0 Å². The summed E-state index contributed by atoms with van der Waals surface area (Å²) in [5, 5.41) is 7.37. The van der Waals surface area contributed by atoms with Gasteiger partial charge in [0.15, 0.2) is 5.82 Å². The lowest BCUT2D eigenvalue weighted by molar-refractivity contribution is 0.661. The molecule has 0 amide bonds. The van der Waals surface area contributed by atoms with E-state index in [-0.39, 0.29) is 5.41 Å². The first-order valence-electron chi connectivity index (χ1n) is 17.7. The molecule has 0 bridgehead atoms. The Morgan fingerprint density at radius 3 is 1.71 bits per heavy atom. The van der Waals surface area contributed by atoms with Crippen LogP contribution in [0.25, 0.3) is 88.5 Å². The van der Waals surface area contributed by atoms with Crippen LogP contribution in [0.2, 0.25) is 0 Å². The van der Waals surface area contributed by atoms with E-state index in [4.69, 9.17) is 9.97 Å². The predicted molar refractivity (Wildman–Crippen MR) is 214 cm³/mol. The highest BCUT2D eigenvalue weighted by atomic mass is 14.9. The second-order valence-corrected chi connectivity index (χ2v) is 14.2. The van der Waals surface area contributed by atoms with Crippen molar-refractivity contribution in [2.75, 3.05) is 0 Å². The van der Waals surface area contributed by atoms with Crippen molar-refractivity contribution in [3.05, 3.63) is 181 Å². The highest BCUT2D eigenvalue weighted by molar-refractivity contribution is 6.07. The molecule has 0 atom stereocenters. The lowest BCUT2D eigenvalue weighted by atomic mass is 9.81. The summed E-state index contributed by atoms with van der Waals surface area (Å²) in [4.78, 5) is 10.4. The number of nitrogens with zero attached hydrogens (tertiary/aromatic N) is 2. The molecular weight excluding hydrogens is 617 g/mol. The molecule has 1 aromatic heterocycles. The van der Waals surface area contributed by atoms with Crippen LogP contribution in [0.4, 0.5) is 0 Å². The van der Waals surface area contributed by atoms with Crippen molar-refractivity contribution in [1.29, 1.82) is 0 Å². The average Bonchev–Trinajstić information content (AvgIpc) is 3.43. The molecule has 1 aliphatic rings. The molecule has 0 saturated heterocycles. The van der Waals surface area contributed by atoms with Crippen molar-refractivity contribution >= 4 is 32.3 Å². The number of rotatable bonds is 4. The van der Waals surface area contributed by atoms with E-state index in [1.54, 1.807) is 0 Å². The molecule has 0 saturated carbocycles. The van der Waals surface area contributed by atoms with Crippen molar-refractivity contribution in [2.45, 2.75) is 19.3 Å². The average molecular weight is 651 g/mol. The van der Waals surface area contributed by atoms with Crippen LogP contribution in [0.3, 0.4) is 0 Å². The number of benzene rings is 8. The van der Waals surface area contributed by atoms with Gasteiger partial charge in [-0.05, 0) is 77.8 Å². The number of aromatic nitrogens is 2. The molecule has 0 unspecified atom stereocenters. The van der Waals surface area contributed by atoms with Crippen LogP contribution in [0.15, 0.2) is 170 Å². The first kappa shape index (κ1) is 29.5. The summed E-state index contributed by atoms with van der Waals surface area (Å²) in [5.41, 5.74) is 12.8. The lowest BCUT2D eigenvalue weighted by Crippen LogP contribution is -2.15. The predicted octanol–water partition coefficient (Wildman–Crippen LogP) is 12.9. The lowest BCUT2D eigenvalue weighted by Gasteiger charge is -2.22. The molecule has 0 radical (unpaired) electrons. The summed E-state index contributed by atoms with van der Waals surface area (Å²) in [7, 11) is 0. The van der Waals surface area contributed by atoms with Gasteiger partial charge in [-0.25, -0.2) is 9.97 Å². The summed E-state index contributed by atoms with van der Waals surface area (Å²) < 4.78 is 0. The van der Waals surface area contributed by atoms with Crippen LogP contribution < -0.4 is 0 Å². The fourth-order valence-corrected chi connectivity index (χ4v) is 8.34. The molecule has 51 heavy (non-hydrogen) atoms. The molecule has 1 heterocycles. The van der Waals surface area contributed by atoms with Crippen molar-refractivity contribution in [2.24, 2.45) is 0 Å². The highest BCUT2D eigenvalue weighted by Crippen LogP contribution is 2.52. The zero-order chi connectivity index (χ0) is 34.1. The van der Waals surface area contributed by atoms with E-state index < -0.39 is 0 Å². The van der Waals surface area contributed by atoms with E-state index in [2.05, 4.69) is 166 Å². The first-order valence-corrected chi connectivity index (χ1v) is 17.7. The monoisotopic (exact) mass is 650 g/mol.